The molecule has 1 aliphatic rings. The lowest BCUT2D eigenvalue weighted by molar-refractivity contribution is -0.301. The van der Waals surface area contributed by atoms with Crippen molar-refractivity contribution in [2.24, 2.45) is 0 Å². The fraction of sp³-hybridized carbons (Fsp3) is 0.981. The Hall–Kier alpha value is -0.900. The number of carbonyl (C=O) groups is 1. The van der Waals surface area contributed by atoms with Gasteiger partial charge < -0.3 is 34.3 Å². The molecule has 1 heterocycles. The Labute approximate surface area is 411 Å². The van der Waals surface area contributed by atoms with Crippen LogP contribution in [0.5, 0.6) is 0 Å². The Balaban J connectivity index is 2.29. The van der Waals surface area contributed by atoms with Crippen molar-refractivity contribution in [3.63, 3.8) is 0 Å². The van der Waals surface area contributed by atoms with Crippen molar-refractivity contribution in [3.8, 4) is 0 Å². The minimum atomic E-state index is -5.06. The molecule has 0 aromatic heterocycles. The van der Waals surface area contributed by atoms with Crippen molar-refractivity contribution in [1.29, 1.82) is 0 Å². The average Bonchev–Trinajstić information content (AvgIpc) is 3.30. The molecule has 1 rings (SSSR count). The summed E-state index contributed by atoms with van der Waals surface area (Å²) in [5, 5.41) is 30.8. The average molecular weight is 979 g/mol. The zero-order valence-corrected chi connectivity index (χ0v) is 44.1. The van der Waals surface area contributed by atoms with Crippen LogP contribution in [-0.4, -0.2) is 97.5 Å². The molecule has 6 atom stereocenters. The standard InChI is InChI=1S/C54H106O12S/c1-3-5-7-9-11-13-15-17-19-21-23-25-27-29-31-33-35-37-39-41-43-50(56)64-48(47-63-54-52(58)53(66-67(59,60)61)51(57)49(45-55)65-54)46-62-44-42-40-38-36-34-32-30-28-26-24-22-20-18-16-14-12-10-8-6-4-2/h48-49,51-55,57-58H,3-47H2,1-2H3,(H,59,60,61). The van der Waals surface area contributed by atoms with Gasteiger partial charge in [-0.2, -0.15) is 8.42 Å². The first-order valence-corrected chi connectivity index (χ1v) is 29.7. The Bertz CT molecular complexity index is 1180. The molecule has 0 spiro atoms. The van der Waals surface area contributed by atoms with Crippen LogP contribution < -0.4 is 0 Å². The molecule has 0 bridgehead atoms. The second-order valence-electron chi connectivity index (χ2n) is 19.9. The van der Waals surface area contributed by atoms with Crippen LogP contribution in [0.15, 0.2) is 0 Å². The van der Waals surface area contributed by atoms with E-state index < -0.39 is 53.8 Å². The largest absolute Gasteiger partial charge is 0.457 e. The van der Waals surface area contributed by atoms with Crippen LogP contribution in [0.2, 0.25) is 0 Å². The summed E-state index contributed by atoms with van der Waals surface area (Å²) < 4.78 is 59.4. The number of ether oxygens (including phenoxy) is 4. The maximum absolute atomic E-state index is 12.9. The van der Waals surface area contributed by atoms with E-state index in [-0.39, 0.29) is 25.6 Å². The summed E-state index contributed by atoms with van der Waals surface area (Å²) in [5.41, 5.74) is 0. The van der Waals surface area contributed by atoms with Gasteiger partial charge in [-0.1, -0.05) is 258 Å². The molecule has 1 fully saturated rings. The van der Waals surface area contributed by atoms with E-state index in [0.29, 0.717) is 13.0 Å². The van der Waals surface area contributed by atoms with Gasteiger partial charge in [0.1, 0.15) is 30.5 Å². The van der Waals surface area contributed by atoms with Crippen LogP contribution in [-0.2, 0) is 38.3 Å². The van der Waals surface area contributed by atoms with Crippen LogP contribution in [0, 0.1) is 0 Å². The van der Waals surface area contributed by atoms with E-state index in [1.165, 1.54) is 212 Å². The van der Waals surface area contributed by atoms with E-state index >= 15 is 0 Å². The molecule has 400 valence electrons. The number of aliphatic hydroxyl groups excluding tert-OH is 3. The van der Waals surface area contributed by atoms with Crippen molar-refractivity contribution in [2.45, 2.75) is 314 Å². The quantitative estimate of drug-likeness (QED) is 0.0258. The van der Waals surface area contributed by atoms with Gasteiger partial charge in [0.25, 0.3) is 0 Å². The third-order valence-electron chi connectivity index (χ3n) is 13.5. The van der Waals surface area contributed by atoms with Gasteiger partial charge in [0.05, 0.1) is 19.8 Å². The molecular weight excluding hydrogens is 873 g/mol. The molecule has 0 amide bonds. The van der Waals surface area contributed by atoms with Gasteiger partial charge >= 0.3 is 16.4 Å². The summed E-state index contributed by atoms with van der Waals surface area (Å²) in [7, 11) is -5.06. The SMILES string of the molecule is CCCCCCCCCCCCCCCCCCCCCCOCC(COC1OC(CO)C(O)C(OS(=O)(=O)O)C1O)OC(=O)CCCCCCCCCCCCCCCCCCCCCC. The molecule has 0 radical (unpaired) electrons. The predicted octanol–water partition coefficient (Wildman–Crippen LogP) is 13.6. The smallest absolute Gasteiger partial charge is 0.397 e. The van der Waals surface area contributed by atoms with Gasteiger partial charge in [-0.3, -0.25) is 9.35 Å². The van der Waals surface area contributed by atoms with E-state index in [1.54, 1.807) is 0 Å². The van der Waals surface area contributed by atoms with Crippen LogP contribution in [0.3, 0.4) is 0 Å². The lowest BCUT2D eigenvalue weighted by Gasteiger charge is -2.41. The molecule has 1 aliphatic heterocycles. The van der Waals surface area contributed by atoms with Crippen molar-refractivity contribution >= 4 is 16.4 Å². The van der Waals surface area contributed by atoms with Crippen LogP contribution >= 0.6 is 0 Å². The Morgan fingerprint density at radius 3 is 1.19 bits per heavy atom. The normalized spacial score (nSPS) is 19.3. The van der Waals surface area contributed by atoms with Crippen LogP contribution in [0.1, 0.15) is 277 Å². The second kappa shape index (κ2) is 46.2. The number of rotatable bonds is 51. The summed E-state index contributed by atoms with van der Waals surface area (Å²) in [6, 6.07) is 0. The van der Waals surface area contributed by atoms with Gasteiger partial charge in [-0.25, -0.2) is 4.18 Å². The monoisotopic (exact) mass is 979 g/mol. The van der Waals surface area contributed by atoms with Gasteiger partial charge in [-0.05, 0) is 12.8 Å². The summed E-state index contributed by atoms with van der Waals surface area (Å²) >= 11 is 0. The van der Waals surface area contributed by atoms with Gasteiger partial charge in [-0.15, -0.1) is 0 Å². The highest BCUT2D eigenvalue weighted by molar-refractivity contribution is 7.80. The van der Waals surface area contributed by atoms with Crippen molar-refractivity contribution in [2.75, 3.05) is 26.4 Å². The molecule has 6 unspecified atom stereocenters. The topological polar surface area (TPSA) is 178 Å². The molecule has 1 saturated heterocycles. The molecule has 0 aromatic carbocycles. The number of aliphatic hydroxyl groups is 3. The molecule has 0 aromatic rings. The third-order valence-corrected chi connectivity index (χ3v) is 13.9. The maximum Gasteiger partial charge on any atom is 0.397 e. The number of carbonyl (C=O) groups excluding carboxylic acids is 1. The summed E-state index contributed by atoms with van der Waals surface area (Å²) in [5.74, 6) is -0.389. The summed E-state index contributed by atoms with van der Waals surface area (Å²) in [4.78, 5) is 12.9. The van der Waals surface area contributed by atoms with Crippen LogP contribution in [0.25, 0.3) is 0 Å². The van der Waals surface area contributed by atoms with Gasteiger partial charge in [0, 0.05) is 13.0 Å². The number of unbranched alkanes of at least 4 members (excludes halogenated alkanes) is 38. The predicted molar refractivity (Wildman–Crippen MR) is 271 cm³/mol. The van der Waals surface area contributed by atoms with Crippen molar-refractivity contribution in [1.82, 2.24) is 0 Å². The highest BCUT2D eigenvalue weighted by Gasteiger charge is 2.48. The molecule has 4 N–H and O–H groups in total. The summed E-state index contributed by atoms with van der Waals surface area (Å²) in [6.45, 7) is 4.08. The Morgan fingerprint density at radius 2 is 0.851 bits per heavy atom. The first-order valence-electron chi connectivity index (χ1n) is 28.3. The van der Waals surface area contributed by atoms with E-state index in [9.17, 15) is 33.1 Å². The fourth-order valence-electron chi connectivity index (χ4n) is 9.21. The highest BCUT2D eigenvalue weighted by Crippen LogP contribution is 2.26. The minimum Gasteiger partial charge on any atom is -0.457 e. The number of esters is 1. The lowest BCUT2D eigenvalue weighted by atomic mass is 9.99. The molecule has 13 heteroatoms. The first-order chi connectivity index (χ1) is 32.6. The third kappa shape index (κ3) is 39.4. The second-order valence-corrected chi connectivity index (χ2v) is 20.9. The first kappa shape index (κ1) is 64.1. The van der Waals surface area contributed by atoms with E-state index in [1.807, 2.05) is 0 Å². The number of hydrogen-bond acceptors (Lipinski definition) is 11. The van der Waals surface area contributed by atoms with E-state index in [2.05, 4.69) is 18.0 Å². The fourth-order valence-corrected chi connectivity index (χ4v) is 9.72. The van der Waals surface area contributed by atoms with E-state index in [4.69, 9.17) is 18.9 Å². The molecule has 0 aliphatic carbocycles. The van der Waals surface area contributed by atoms with Crippen molar-refractivity contribution < 1.29 is 56.2 Å². The van der Waals surface area contributed by atoms with Crippen molar-refractivity contribution in [3.05, 3.63) is 0 Å². The number of hydrogen-bond donors (Lipinski definition) is 4. The molecular formula is C54H106O12S. The van der Waals surface area contributed by atoms with E-state index in [0.717, 1.165) is 38.5 Å². The maximum atomic E-state index is 12.9. The molecule has 0 saturated carbocycles. The Morgan fingerprint density at radius 1 is 0.507 bits per heavy atom. The molecule has 67 heavy (non-hydrogen) atoms. The minimum absolute atomic E-state index is 0.0456. The zero-order valence-electron chi connectivity index (χ0n) is 43.2. The summed E-state index contributed by atoms with van der Waals surface area (Å²) in [6.07, 6.45) is 42.8. The molecule has 12 nitrogen and oxygen atoms in total. The van der Waals surface area contributed by atoms with Gasteiger partial charge in [0.15, 0.2) is 6.29 Å². The van der Waals surface area contributed by atoms with Crippen LogP contribution in [0.4, 0.5) is 0 Å². The highest BCUT2D eigenvalue weighted by atomic mass is 32.3. The van der Waals surface area contributed by atoms with Gasteiger partial charge in [0.2, 0.25) is 0 Å². The lowest BCUT2D eigenvalue weighted by Crippen LogP contribution is -2.60. The zero-order chi connectivity index (χ0) is 48.9. The Kier molecular flexibility index (Phi) is 44.2.